The first-order valence-corrected chi connectivity index (χ1v) is 5.50. The van der Waals surface area contributed by atoms with Crippen LogP contribution in [0.3, 0.4) is 0 Å². The van der Waals surface area contributed by atoms with Gasteiger partial charge in [-0.25, -0.2) is 18.5 Å². The van der Waals surface area contributed by atoms with Crippen molar-refractivity contribution in [3.8, 4) is 0 Å². The second-order valence-electron chi connectivity index (χ2n) is 3.05. The predicted octanol–water partition coefficient (Wildman–Crippen LogP) is 0.519. The lowest BCUT2D eigenvalue weighted by atomic mass is 10.3. The molecule has 0 aliphatic carbocycles. The number of nitrogens with two attached hydrogens (primary N) is 1. The van der Waals surface area contributed by atoms with E-state index in [1.165, 1.54) is 12.1 Å². The normalized spacial score (nSPS) is 12.1. The van der Waals surface area contributed by atoms with E-state index in [-0.39, 0.29) is 4.90 Å². The molecule has 0 unspecified atom stereocenters. The zero-order chi connectivity index (χ0) is 10.3. The van der Waals surface area contributed by atoms with E-state index in [0.29, 0.717) is 5.52 Å². The topological polar surface area (TPSA) is 88.8 Å². The monoisotopic (exact) mass is 211 g/mol. The summed E-state index contributed by atoms with van der Waals surface area (Å²) in [6, 6.07) is 4.54. The maximum Gasteiger partial charge on any atom is 0.238 e. The number of aromatic amines is 1. The van der Waals surface area contributed by atoms with Crippen LogP contribution in [-0.4, -0.2) is 18.4 Å². The van der Waals surface area contributed by atoms with Gasteiger partial charge in [0.15, 0.2) is 0 Å². The van der Waals surface area contributed by atoms with Crippen molar-refractivity contribution < 1.29 is 8.42 Å². The van der Waals surface area contributed by atoms with E-state index in [1.54, 1.807) is 13.0 Å². The van der Waals surface area contributed by atoms with Crippen LogP contribution >= 0.6 is 0 Å². The summed E-state index contributed by atoms with van der Waals surface area (Å²) in [5.74, 6) is 0.742. The maximum atomic E-state index is 11.0. The molecule has 2 aromatic rings. The summed E-state index contributed by atoms with van der Waals surface area (Å²) in [7, 11) is -3.63. The molecule has 0 spiro atoms. The van der Waals surface area contributed by atoms with Gasteiger partial charge in [0.1, 0.15) is 5.82 Å². The van der Waals surface area contributed by atoms with Crippen molar-refractivity contribution in [3.63, 3.8) is 0 Å². The third-order valence-electron chi connectivity index (χ3n) is 1.90. The number of H-pyrrole nitrogens is 1. The first-order valence-electron chi connectivity index (χ1n) is 3.96. The summed E-state index contributed by atoms with van der Waals surface area (Å²) in [5, 5.41) is 4.99. The molecule has 6 heteroatoms. The summed E-state index contributed by atoms with van der Waals surface area (Å²) in [6.45, 7) is 1.80. The number of aromatic nitrogens is 2. The minimum Gasteiger partial charge on any atom is -0.342 e. The number of aryl methyl sites for hydroxylation is 1. The van der Waals surface area contributed by atoms with Crippen molar-refractivity contribution in [3.05, 3.63) is 24.0 Å². The number of benzene rings is 1. The van der Waals surface area contributed by atoms with Gasteiger partial charge < -0.3 is 4.98 Å². The molecule has 0 saturated carbocycles. The molecule has 0 bridgehead atoms. The first kappa shape index (κ1) is 9.17. The number of primary sulfonamides is 1. The lowest BCUT2D eigenvalue weighted by molar-refractivity contribution is 0.598. The Hall–Kier alpha value is -1.40. The molecule has 2 rings (SSSR count). The minimum absolute atomic E-state index is 0.0913. The van der Waals surface area contributed by atoms with Gasteiger partial charge in [0.25, 0.3) is 0 Å². The number of hydrogen-bond acceptors (Lipinski definition) is 3. The van der Waals surface area contributed by atoms with E-state index in [1.807, 2.05) is 0 Å². The highest BCUT2D eigenvalue weighted by Gasteiger charge is 2.09. The van der Waals surface area contributed by atoms with E-state index in [9.17, 15) is 8.42 Å². The van der Waals surface area contributed by atoms with E-state index in [4.69, 9.17) is 5.14 Å². The Morgan fingerprint density at radius 3 is 2.79 bits per heavy atom. The van der Waals surface area contributed by atoms with Gasteiger partial charge in [-0.3, -0.25) is 0 Å². The highest BCUT2D eigenvalue weighted by molar-refractivity contribution is 7.89. The number of nitrogens with one attached hydrogen (secondary N) is 1. The van der Waals surface area contributed by atoms with Gasteiger partial charge >= 0.3 is 0 Å². The van der Waals surface area contributed by atoms with Crippen LogP contribution in [0.25, 0.3) is 11.0 Å². The van der Waals surface area contributed by atoms with E-state index in [2.05, 4.69) is 9.97 Å². The molecule has 0 aliphatic heterocycles. The zero-order valence-corrected chi connectivity index (χ0v) is 8.30. The Kier molecular flexibility index (Phi) is 1.83. The second-order valence-corrected chi connectivity index (χ2v) is 4.61. The summed E-state index contributed by atoms with van der Waals surface area (Å²) in [6.07, 6.45) is 0. The molecule has 0 fully saturated rings. The Bertz CT molecular complexity index is 586. The molecule has 74 valence electrons. The van der Waals surface area contributed by atoms with Crippen LogP contribution in [0.2, 0.25) is 0 Å². The second kappa shape index (κ2) is 2.79. The third-order valence-corrected chi connectivity index (χ3v) is 2.81. The fraction of sp³-hybridized carbons (Fsp3) is 0.125. The molecule has 0 aliphatic rings. The van der Waals surface area contributed by atoms with Crippen LogP contribution in [0, 0.1) is 6.92 Å². The number of fused-ring (bicyclic) bond motifs is 1. The van der Waals surface area contributed by atoms with Gasteiger partial charge in [0.05, 0.1) is 15.9 Å². The molecule has 0 radical (unpaired) electrons. The standard InChI is InChI=1S/C8H9N3O2S/c1-5-10-7-3-2-6(14(9,12)13)4-8(7)11-5/h2-4H,1H3,(H,10,11)(H2,9,12,13). The molecule has 14 heavy (non-hydrogen) atoms. The van der Waals surface area contributed by atoms with Crippen molar-refractivity contribution in [1.82, 2.24) is 9.97 Å². The molecule has 1 heterocycles. The van der Waals surface area contributed by atoms with Crippen molar-refractivity contribution >= 4 is 21.1 Å². The number of rotatable bonds is 1. The highest BCUT2D eigenvalue weighted by atomic mass is 32.2. The van der Waals surface area contributed by atoms with Crippen LogP contribution in [0.4, 0.5) is 0 Å². The summed E-state index contributed by atoms with van der Waals surface area (Å²) < 4.78 is 22.1. The third kappa shape index (κ3) is 1.49. The number of hydrogen-bond donors (Lipinski definition) is 2. The average molecular weight is 211 g/mol. The maximum absolute atomic E-state index is 11.0. The van der Waals surface area contributed by atoms with Crippen molar-refractivity contribution in [2.45, 2.75) is 11.8 Å². The largest absolute Gasteiger partial charge is 0.342 e. The van der Waals surface area contributed by atoms with Crippen molar-refractivity contribution in [1.29, 1.82) is 0 Å². The molecular formula is C8H9N3O2S. The fourth-order valence-corrected chi connectivity index (χ4v) is 1.83. The quantitative estimate of drug-likeness (QED) is 0.720. The Morgan fingerprint density at radius 2 is 2.14 bits per heavy atom. The van der Waals surface area contributed by atoms with Gasteiger partial charge in [-0.1, -0.05) is 0 Å². The zero-order valence-electron chi connectivity index (χ0n) is 7.48. The average Bonchev–Trinajstić information content (AvgIpc) is 2.41. The fourth-order valence-electron chi connectivity index (χ4n) is 1.29. The number of imidazole rings is 1. The lowest BCUT2D eigenvalue weighted by Crippen LogP contribution is -2.11. The van der Waals surface area contributed by atoms with Gasteiger partial charge in [-0.2, -0.15) is 0 Å². The lowest BCUT2D eigenvalue weighted by Gasteiger charge is -1.96. The molecular weight excluding hydrogens is 202 g/mol. The first-order chi connectivity index (χ1) is 6.47. The molecule has 0 saturated heterocycles. The van der Waals surface area contributed by atoms with E-state index in [0.717, 1.165) is 11.3 Å². The van der Waals surface area contributed by atoms with Crippen LogP contribution in [0.5, 0.6) is 0 Å². The predicted molar refractivity (Wildman–Crippen MR) is 52.2 cm³/mol. The number of nitrogens with zero attached hydrogens (tertiary/aromatic N) is 1. The Morgan fingerprint density at radius 1 is 1.43 bits per heavy atom. The molecule has 1 aromatic heterocycles. The molecule has 0 atom stereocenters. The SMILES string of the molecule is Cc1nc2ccc(S(N)(=O)=O)cc2[nH]1. The van der Waals surface area contributed by atoms with Crippen molar-refractivity contribution in [2.24, 2.45) is 5.14 Å². The molecule has 1 aromatic carbocycles. The molecule has 3 N–H and O–H groups in total. The number of sulfonamides is 1. The minimum atomic E-state index is -3.63. The van der Waals surface area contributed by atoms with Crippen LogP contribution in [-0.2, 0) is 10.0 Å². The molecule has 0 amide bonds. The van der Waals surface area contributed by atoms with E-state index >= 15 is 0 Å². The highest BCUT2D eigenvalue weighted by Crippen LogP contribution is 2.15. The van der Waals surface area contributed by atoms with Crippen LogP contribution < -0.4 is 5.14 Å². The van der Waals surface area contributed by atoms with Crippen LogP contribution in [0.15, 0.2) is 23.1 Å². The van der Waals surface area contributed by atoms with Gasteiger partial charge in [-0.05, 0) is 25.1 Å². The summed E-state index contributed by atoms with van der Waals surface area (Å²) in [4.78, 5) is 7.18. The Labute approximate surface area is 81.0 Å². The smallest absolute Gasteiger partial charge is 0.238 e. The van der Waals surface area contributed by atoms with Gasteiger partial charge in [0, 0.05) is 0 Å². The van der Waals surface area contributed by atoms with Gasteiger partial charge in [0.2, 0.25) is 10.0 Å². The van der Waals surface area contributed by atoms with Gasteiger partial charge in [-0.15, -0.1) is 0 Å². The summed E-state index contributed by atoms with van der Waals surface area (Å²) >= 11 is 0. The van der Waals surface area contributed by atoms with Crippen molar-refractivity contribution in [2.75, 3.05) is 0 Å². The molecule has 5 nitrogen and oxygen atoms in total. The van der Waals surface area contributed by atoms with E-state index < -0.39 is 10.0 Å². The summed E-state index contributed by atoms with van der Waals surface area (Å²) in [5.41, 5.74) is 1.41. The Balaban J connectivity index is 2.74. The van der Waals surface area contributed by atoms with Crippen LogP contribution in [0.1, 0.15) is 5.82 Å².